The molecular formula is C13H15N5. The maximum absolute atomic E-state index is 4.47. The van der Waals surface area contributed by atoms with Crippen LogP contribution < -0.4 is 0 Å². The summed E-state index contributed by atoms with van der Waals surface area (Å²) in [6.45, 7) is 2.15. The van der Waals surface area contributed by atoms with Gasteiger partial charge in [0, 0.05) is 25.6 Å². The molecule has 0 aliphatic carbocycles. The summed E-state index contributed by atoms with van der Waals surface area (Å²) in [4.78, 5) is 8.87. The molecule has 0 amide bonds. The second kappa shape index (κ2) is 4.25. The number of fused-ring (bicyclic) bond motifs is 1. The van der Waals surface area contributed by atoms with Gasteiger partial charge in [0.25, 0.3) is 0 Å². The quantitative estimate of drug-likeness (QED) is 0.705. The van der Waals surface area contributed by atoms with Gasteiger partial charge in [-0.15, -0.1) is 0 Å². The first-order valence-corrected chi connectivity index (χ1v) is 6.10. The molecule has 0 spiro atoms. The maximum Gasteiger partial charge on any atom is 0.159 e. The van der Waals surface area contributed by atoms with Crippen molar-refractivity contribution in [3.05, 3.63) is 36.5 Å². The number of hydrogen-bond acceptors (Lipinski definition) is 3. The van der Waals surface area contributed by atoms with E-state index in [9.17, 15) is 0 Å². The average molecular weight is 241 g/mol. The molecule has 5 nitrogen and oxygen atoms in total. The molecule has 0 bridgehead atoms. The summed E-state index contributed by atoms with van der Waals surface area (Å²) < 4.78 is 3.85. The van der Waals surface area contributed by atoms with Gasteiger partial charge in [-0.05, 0) is 12.5 Å². The summed E-state index contributed by atoms with van der Waals surface area (Å²) in [7, 11) is 1.91. The lowest BCUT2D eigenvalue weighted by Gasteiger charge is -2.02. The Morgan fingerprint density at radius 1 is 1.22 bits per heavy atom. The molecular weight excluding hydrogens is 226 g/mol. The highest BCUT2D eigenvalue weighted by Gasteiger charge is 2.11. The van der Waals surface area contributed by atoms with Crippen molar-refractivity contribution in [1.82, 2.24) is 24.1 Å². The van der Waals surface area contributed by atoms with Gasteiger partial charge in [0.05, 0.1) is 17.6 Å². The number of nitrogens with zero attached hydrogens (tertiary/aromatic N) is 5. The Morgan fingerprint density at radius 2 is 2.11 bits per heavy atom. The molecule has 0 saturated carbocycles. The van der Waals surface area contributed by atoms with Crippen molar-refractivity contribution in [3.63, 3.8) is 0 Å². The van der Waals surface area contributed by atoms with Gasteiger partial charge in [0.1, 0.15) is 5.69 Å². The summed E-state index contributed by atoms with van der Waals surface area (Å²) in [6.07, 6.45) is 9.57. The molecule has 18 heavy (non-hydrogen) atoms. The molecule has 3 rings (SSSR count). The van der Waals surface area contributed by atoms with E-state index >= 15 is 0 Å². The lowest BCUT2D eigenvalue weighted by atomic mass is 10.2. The second-order valence-electron chi connectivity index (χ2n) is 4.34. The van der Waals surface area contributed by atoms with Crippen LogP contribution in [0, 0.1) is 0 Å². The summed E-state index contributed by atoms with van der Waals surface area (Å²) in [6, 6.07) is 1.99. The van der Waals surface area contributed by atoms with Crippen molar-refractivity contribution < 1.29 is 0 Å². The minimum Gasteiger partial charge on any atom is -0.295 e. The normalized spacial score (nSPS) is 11.2. The van der Waals surface area contributed by atoms with Gasteiger partial charge < -0.3 is 0 Å². The lowest BCUT2D eigenvalue weighted by molar-refractivity contribution is 0.769. The zero-order valence-corrected chi connectivity index (χ0v) is 10.5. The van der Waals surface area contributed by atoms with Crippen molar-refractivity contribution in [2.75, 3.05) is 0 Å². The molecule has 0 aromatic carbocycles. The van der Waals surface area contributed by atoms with Crippen molar-refractivity contribution in [1.29, 1.82) is 0 Å². The zero-order valence-electron chi connectivity index (χ0n) is 10.5. The van der Waals surface area contributed by atoms with Crippen LogP contribution in [0.3, 0.4) is 0 Å². The Bertz CT molecular complexity index is 680. The molecule has 0 fully saturated rings. The highest BCUT2D eigenvalue weighted by molar-refractivity contribution is 5.60. The summed E-state index contributed by atoms with van der Waals surface area (Å²) in [5.74, 6) is 0. The van der Waals surface area contributed by atoms with E-state index in [0.717, 1.165) is 35.6 Å². The van der Waals surface area contributed by atoms with E-state index < -0.39 is 0 Å². The van der Waals surface area contributed by atoms with E-state index in [2.05, 4.69) is 26.4 Å². The van der Waals surface area contributed by atoms with Crippen LogP contribution >= 0.6 is 0 Å². The summed E-state index contributed by atoms with van der Waals surface area (Å²) >= 11 is 0. The van der Waals surface area contributed by atoms with Gasteiger partial charge in [-0.3, -0.25) is 14.1 Å². The monoisotopic (exact) mass is 241 g/mol. The predicted octanol–water partition coefficient (Wildman–Crippen LogP) is 2.08. The summed E-state index contributed by atoms with van der Waals surface area (Å²) in [5.41, 5.74) is 3.91. The molecule has 3 aromatic rings. The third-order valence-corrected chi connectivity index (χ3v) is 2.96. The molecule has 3 aromatic heterocycles. The van der Waals surface area contributed by atoms with E-state index in [1.54, 1.807) is 4.68 Å². The molecule has 92 valence electrons. The smallest absolute Gasteiger partial charge is 0.159 e. The van der Waals surface area contributed by atoms with Gasteiger partial charge in [0.15, 0.2) is 5.65 Å². The molecule has 0 aliphatic rings. The Kier molecular flexibility index (Phi) is 2.59. The second-order valence-corrected chi connectivity index (χ2v) is 4.34. The van der Waals surface area contributed by atoms with Crippen molar-refractivity contribution in [2.24, 2.45) is 7.05 Å². The highest BCUT2D eigenvalue weighted by Crippen LogP contribution is 2.20. The number of aromatic nitrogens is 5. The van der Waals surface area contributed by atoms with Crippen LogP contribution in [0.4, 0.5) is 0 Å². The first-order valence-electron chi connectivity index (χ1n) is 6.10. The zero-order chi connectivity index (χ0) is 12.5. The predicted molar refractivity (Wildman–Crippen MR) is 69.2 cm³/mol. The fourth-order valence-corrected chi connectivity index (χ4v) is 2.13. The Morgan fingerprint density at radius 3 is 2.83 bits per heavy atom. The van der Waals surface area contributed by atoms with Crippen LogP contribution in [0.25, 0.3) is 17.0 Å². The minimum absolute atomic E-state index is 0.929. The van der Waals surface area contributed by atoms with Crippen molar-refractivity contribution >= 4 is 5.65 Å². The van der Waals surface area contributed by atoms with E-state index in [1.807, 2.05) is 37.9 Å². The fraction of sp³-hybridized carbons (Fsp3) is 0.308. The topological polar surface area (TPSA) is 48.0 Å². The first-order chi connectivity index (χ1) is 8.79. The molecule has 0 atom stereocenters. The minimum atomic E-state index is 0.929. The molecule has 5 heteroatoms. The van der Waals surface area contributed by atoms with Gasteiger partial charge in [-0.25, -0.2) is 4.98 Å². The Hall–Kier alpha value is -2.17. The van der Waals surface area contributed by atoms with E-state index in [0.29, 0.717) is 0 Å². The Balaban J connectivity index is 2.17. The fourth-order valence-electron chi connectivity index (χ4n) is 2.13. The van der Waals surface area contributed by atoms with Crippen LogP contribution in [0.15, 0.2) is 30.9 Å². The molecule has 3 heterocycles. The van der Waals surface area contributed by atoms with E-state index in [1.165, 1.54) is 0 Å². The largest absolute Gasteiger partial charge is 0.295 e. The number of imidazole rings is 1. The summed E-state index contributed by atoms with van der Waals surface area (Å²) in [5, 5.41) is 4.41. The first kappa shape index (κ1) is 11.0. The van der Waals surface area contributed by atoms with Gasteiger partial charge in [0.2, 0.25) is 0 Å². The number of rotatable bonds is 3. The molecule has 0 aliphatic heterocycles. The van der Waals surface area contributed by atoms with E-state index in [-0.39, 0.29) is 0 Å². The van der Waals surface area contributed by atoms with Crippen LogP contribution in [0.2, 0.25) is 0 Å². The molecule has 0 saturated heterocycles. The van der Waals surface area contributed by atoms with E-state index in [4.69, 9.17) is 0 Å². The molecule has 0 unspecified atom stereocenters. The number of aryl methyl sites for hydroxylation is 2. The van der Waals surface area contributed by atoms with Crippen LogP contribution in [-0.4, -0.2) is 24.1 Å². The third-order valence-electron chi connectivity index (χ3n) is 2.96. The van der Waals surface area contributed by atoms with Crippen LogP contribution in [-0.2, 0) is 13.5 Å². The molecule has 0 radical (unpaired) electrons. The van der Waals surface area contributed by atoms with Gasteiger partial charge >= 0.3 is 0 Å². The van der Waals surface area contributed by atoms with Crippen molar-refractivity contribution in [3.8, 4) is 11.4 Å². The average Bonchev–Trinajstić information content (AvgIpc) is 2.96. The van der Waals surface area contributed by atoms with Gasteiger partial charge in [-0.2, -0.15) is 5.10 Å². The van der Waals surface area contributed by atoms with Crippen molar-refractivity contribution in [2.45, 2.75) is 19.8 Å². The maximum atomic E-state index is 4.47. The lowest BCUT2D eigenvalue weighted by Crippen LogP contribution is -1.97. The SMILES string of the molecule is CCCc1nccn2c(-c3ccn(C)n3)cnc12. The standard InChI is InChI=1S/C13H15N5/c1-3-4-11-13-15-9-12(18(13)8-6-14-11)10-5-7-17(2)16-10/h5-9H,3-4H2,1-2H3. The molecule has 0 N–H and O–H groups in total. The third kappa shape index (κ3) is 1.68. The Labute approximate surface area is 105 Å². The highest BCUT2D eigenvalue weighted by atomic mass is 15.3. The van der Waals surface area contributed by atoms with Gasteiger partial charge in [-0.1, -0.05) is 13.3 Å². The number of hydrogen-bond donors (Lipinski definition) is 0. The van der Waals surface area contributed by atoms with Crippen LogP contribution in [0.5, 0.6) is 0 Å². The van der Waals surface area contributed by atoms with Crippen LogP contribution in [0.1, 0.15) is 19.0 Å².